The molecule has 4 rings (SSSR count). The van der Waals surface area contributed by atoms with Gasteiger partial charge in [-0.25, -0.2) is 17.2 Å². The second kappa shape index (κ2) is 13.3. The molecule has 0 saturated carbocycles. The van der Waals surface area contributed by atoms with Crippen LogP contribution in [0.3, 0.4) is 0 Å². The van der Waals surface area contributed by atoms with Crippen LogP contribution in [0.15, 0.2) is 30.3 Å². The number of nitrogens with zero attached hydrogens (tertiary/aromatic N) is 2. The Morgan fingerprint density at radius 1 is 1.12 bits per heavy atom. The van der Waals surface area contributed by atoms with Crippen LogP contribution in [0.2, 0.25) is 5.02 Å². The fraction of sp³-hybridized carbons (Fsp3) is 0.481. The van der Waals surface area contributed by atoms with Crippen molar-refractivity contribution in [3.8, 4) is 0 Å². The third kappa shape index (κ3) is 8.13. The number of hydrogen-bond donors (Lipinski definition) is 3. The molecule has 2 aliphatic rings. The minimum atomic E-state index is -4.27. The molecule has 236 valence electrons. The Morgan fingerprint density at radius 3 is 2.53 bits per heavy atom. The summed E-state index contributed by atoms with van der Waals surface area (Å²) >= 11 is 6.18. The third-order valence-electron chi connectivity index (χ3n) is 7.48. The number of alkyl halides is 3. The summed E-state index contributed by atoms with van der Waals surface area (Å²) in [5, 5.41) is 6.66. The van der Waals surface area contributed by atoms with Gasteiger partial charge in [0.2, 0.25) is 5.91 Å². The van der Waals surface area contributed by atoms with E-state index in [0.29, 0.717) is 30.3 Å². The van der Waals surface area contributed by atoms with E-state index in [2.05, 4.69) is 16.0 Å². The quantitative estimate of drug-likeness (QED) is 0.376. The molecule has 2 saturated heterocycles. The Kier molecular flexibility index (Phi) is 10.2. The van der Waals surface area contributed by atoms with Gasteiger partial charge < -0.3 is 20.9 Å². The Morgan fingerprint density at radius 2 is 1.86 bits per heavy atom. The van der Waals surface area contributed by atoms with E-state index in [1.807, 2.05) is 4.90 Å². The van der Waals surface area contributed by atoms with E-state index in [9.17, 15) is 35.6 Å². The highest BCUT2D eigenvalue weighted by molar-refractivity contribution is 7.92. The highest BCUT2D eigenvalue weighted by Crippen LogP contribution is 2.32. The lowest BCUT2D eigenvalue weighted by Crippen LogP contribution is -2.52. The first-order chi connectivity index (χ1) is 20.2. The number of rotatable bonds is 8. The van der Waals surface area contributed by atoms with Gasteiger partial charge in [-0.2, -0.15) is 13.2 Å². The topological polar surface area (TPSA) is 111 Å². The van der Waals surface area contributed by atoms with Gasteiger partial charge in [-0.1, -0.05) is 17.7 Å². The summed E-state index contributed by atoms with van der Waals surface area (Å²) in [6.45, 7) is 2.28. The van der Waals surface area contributed by atoms with Gasteiger partial charge in [0, 0.05) is 62.4 Å². The first kappa shape index (κ1) is 32.9. The smallest absolute Gasteiger partial charge is 0.367 e. The molecule has 2 aromatic rings. The van der Waals surface area contributed by atoms with Crippen molar-refractivity contribution < 1.29 is 40.0 Å². The van der Waals surface area contributed by atoms with Crippen LogP contribution >= 0.6 is 11.6 Å². The molecule has 2 fully saturated rings. The molecule has 3 N–H and O–H groups in total. The number of halogens is 6. The first-order valence-corrected chi connectivity index (χ1v) is 15.6. The van der Waals surface area contributed by atoms with E-state index < -0.39 is 63.2 Å². The van der Waals surface area contributed by atoms with Gasteiger partial charge in [-0.05, 0) is 31.2 Å². The zero-order valence-corrected chi connectivity index (χ0v) is 24.7. The van der Waals surface area contributed by atoms with E-state index in [1.54, 1.807) is 17.9 Å². The van der Waals surface area contributed by atoms with Crippen LogP contribution in [0.5, 0.6) is 0 Å². The molecule has 0 aliphatic carbocycles. The molecule has 2 atom stereocenters. The summed E-state index contributed by atoms with van der Waals surface area (Å²) in [6, 6.07) is 6.47. The van der Waals surface area contributed by atoms with Gasteiger partial charge in [-0.15, -0.1) is 0 Å². The maximum Gasteiger partial charge on any atom is 0.390 e. The van der Waals surface area contributed by atoms with E-state index in [-0.39, 0.29) is 42.7 Å². The Labute approximate surface area is 250 Å². The second-order valence-corrected chi connectivity index (χ2v) is 13.2. The fourth-order valence-electron chi connectivity index (χ4n) is 5.05. The predicted octanol–water partition coefficient (Wildman–Crippen LogP) is 3.34. The molecule has 2 aliphatic heterocycles. The average Bonchev–Trinajstić information content (AvgIpc) is 2.93. The minimum absolute atomic E-state index is 0.0938. The minimum Gasteiger partial charge on any atom is -0.367 e. The Bertz CT molecular complexity index is 1480. The standard InChI is InChI=1S/C27H31ClF5N5O4S/c1-16-15-38(10-9-37(16)8-6-27(31,32)33)21-12-18(28)3-5-20(21)36-25(39)19-4-2-17(23(29)24(19)30)13-35-26(40)22-14-34-7-11-43(22,41)42/h2-5,12,16,22,34H,6-11,13-15H2,1H3,(H,35,40)(H,36,39)/t16-,22+/m1/s1. The van der Waals surface area contributed by atoms with Gasteiger partial charge in [-0.3, -0.25) is 14.5 Å². The molecule has 16 heteroatoms. The van der Waals surface area contributed by atoms with Crippen molar-refractivity contribution in [2.24, 2.45) is 0 Å². The number of amides is 2. The molecule has 43 heavy (non-hydrogen) atoms. The third-order valence-corrected chi connectivity index (χ3v) is 9.73. The summed E-state index contributed by atoms with van der Waals surface area (Å²) in [5.74, 6) is -4.87. The van der Waals surface area contributed by atoms with Crippen molar-refractivity contribution in [3.05, 3.63) is 58.1 Å². The van der Waals surface area contributed by atoms with Crippen molar-refractivity contribution in [1.82, 2.24) is 15.5 Å². The van der Waals surface area contributed by atoms with E-state index in [0.717, 1.165) is 12.1 Å². The Balaban J connectivity index is 1.44. The van der Waals surface area contributed by atoms with Gasteiger partial charge in [0.25, 0.3) is 5.91 Å². The lowest BCUT2D eigenvalue weighted by atomic mass is 10.1. The number of piperazine rings is 1. The van der Waals surface area contributed by atoms with Crippen LogP contribution in [0.1, 0.15) is 29.3 Å². The number of benzene rings is 2. The van der Waals surface area contributed by atoms with Crippen molar-refractivity contribution >= 4 is 44.6 Å². The molecule has 2 heterocycles. The van der Waals surface area contributed by atoms with Crippen molar-refractivity contribution in [1.29, 1.82) is 0 Å². The zero-order chi connectivity index (χ0) is 31.5. The fourth-order valence-corrected chi connectivity index (χ4v) is 6.71. The number of sulfone groups is 1. The molecule has 0 radical (unpaired) electrons. The van der Waals surface area contributed by atoms with Gasteiger partial charge in [0.1, 0.15) is 0 Å². The maximum absolute atomic E-state index is 15.0. The van der Waals surface area contributed by atoms with E-state index in [1.165, 1.54) is 12.1 Å². The Hall–Kier alpha value is -3.01. The van der Waals surface area contributed by atoms with E-state index in [4.69, 9.17) is 11.6 Å². The normalized spacial score (nSPS) is 21.0. The first-order valence-electron chi connectivity index (χ1n) is 13.5. The van der Waals surface area contributed by atoms with Crippen LogP contribution in [-0.2, 0) is 21.2 Å². The van der Waals surface area contributed by atoms with Gasteiger partial charge in [0.05, 0.1) is 29.1 Å². The van der Waals surface area contributed by atoms with Gasteiger partial charge in [0.15, 0.2) is 26.7 Å². The second-order valence-electron chi connectivity index (χ2n) is 10.5. The highest BCUT2D eigenvalue weighted by atomic mass is 35.5. The molecule has 0 unspecified atom stereocenters. The monoisotopic (exact) mass is 651 g/mol. The molecule has 0 aromatic heterocycles. The lowest BCUT2D eigenvalue weighted by Gasteiger charge is -2.41. The van der Waals surface area contributed by atoms with Crippen LogP contribution in [-0.4, -0.2) is 87.6 Å². The van der Waals surface area contributed by atoms with Gasteiger partial charge >= 0.3 is 6.18 Å². The number of anilines is 2. The summed E-state index contributed by atoms with van der Waals surface area (Å²) < 4.78 is 92.3. The number of hydrogen-bond acceptors (Lipinski definition) is 7. The number of nitrogens with one attached hydrogen (secondary N) is 3. The van der Waals surface area contributed by atoms with Crippen LogP contribution in [0.25, 0.3) is 0 Å². The molecule has 9 nitrogen and oxygen atoms in total. The number of carbonyl (C=O) groups is 2. The summed E-state index contributed by atoms with van der Waals surface area (Å²) in [7, 11) is -3.67. The summed E-state index contributed by atoms with van der Waals surface area (Å²) in [4.78, 5) is 29.0. The zero-order valence-electron chi connectivity index (χ0n) is 23.1. The lowest BCUT2D eigenvalue weighted by molar-refractivity contribution is -0.139. The molecule has 2 aromatic carbocycles. The van der Waals surface area contributed by atoms with Crippen LogP contribution in [0, 0.1) is 11.6 Å². The van der Waals surface area contributed by atoms with Crippen molar-refractivity contribution in [2.75, 3.05) is 55.2 Å². The molecular weight excluding hydrogens is 621 g/mol. The summed E-state index contributed by atoms with van der Waals surface area (Å²) in [6.07, 6.45) is -5.19. The largest absolute Gasteiger partial charge is 0.390 e. The summed E-state index contributed by atoms with van der Waals surface area (Å²) in [5.41, 5.74) is -0.190. The predicted molar refractivity (Wildman–Crippen MR) is 152 cm³/mol. The maximum atomic E-state index is 15.0. The SMILES string of the molecule is C[C@@H]1CN(c2cc(Cl)ccc2NC(=O)c2ccc(CNC(=O)[C@@H]3CNCCS3(=O)=O)c(F)c2F)CCN1CCC(F)(F)F. The molecule has 0 spiro atoms. The number of carbonyl (C=O) groups excluding carboxylic acids is 2. The molecular formula is C27H31ClF5N5O4S. The van der Waals surface area contributed by atoms with Crippen molar-refractivity contribution in [2.45, 2.75) is 37.4 Å². The highest BCUT2D eigenvalue weighted by Gasteiger charge is 2.35. The molecule has 0 bridgehead atoms. The van der Waals surface area contributed by atoms with Crippen LogP contribution < -0.4 is 20.9 Å². The molecule has 2 amide bonds. The van der Waals surface area contributed by atoms with E-state index >= 15 is 4.39 Å². The average molecular weight is 652 g/mol. The van der Waals surface area contributed by atoms with Crippen molar-refractivity contribution in [3.63, 3.8) is 0 Å². The van der Waals surface area contributed by atoms with Crippen LogP contribution in [0.4, 0.5) is 33.3 Å².